The number of sulfone groups is 1. The number of aromatic nitrogens is 2. The zero-order valence-corrected chi connectivity index (χ0v) is 10.3. The summed E-state index contributed by atoms with van der Waals surface area (Å²) in [4.78, 5) is 6.95. The van der Waals surface area contributed by atoms with Gasteiger partial charge in [-0.25, -0.2) is 13.4 Å². The van der Waals surface area contributed by atoms with Crippen LogP contribution in [0.25, 0.3) is 11.0 Å². The monoisotopic (exact) mass is 238 g/mol. The number of hydrogen-bond acceptors (Lipinski definition) is 3. The predicted molar refractivity (Wildman–Crippen MR) is 63.0 cm³/mol. The minimum Gasteiger partial charge on any atom is -0.329 e. The maximum atomic E-state index is 12.1. The van der Waals surface area contributed by atoms with Gasteiger partial charge in [0.05, 0.1) is 15.8 Å². The number of H-pyrrole nitrogens is 1. The minimum absolute atomic E-state index is 0.0428. The van der Waals surface area contributed by atoms with E-state index < -0.39 is 14.6 Å². The van der Waals surface area contributed by atoms with Gasteiger partial charge in [0.2, 0.25) is 15.0 Å². The lowest BCUT2D eigenvalue weighted by molar-refractivity contribution is 0.553. The van der Waals surface area contributed by atoms with E-state index in [1.54, 1.807) is 26.8 Å². The van der Waals surface area contributed by atoms with E-state index in [-0.39, 0.29) is 5.16 Å². The van der Waals surface area contributed by atoms with E-state index in [2.05, 4.69) is 9.97 Å². The van der Waals surface area contributed by atoms with Crippen molar-refractivity contribution in [3.8, 4) is 0 Å². The standard InChI is InChI=1S/C11H14N2O2S/c1-11(2,3)16(14,15)10-12-8-6-4-5-7-9(8)13-10/h4-7H,1-3H3,(H,12,13). The molecule has 0 aliphatic rings. The predicted octanol–water partition coefficient (Wildman–Crippen LogP) is 2.14. The van der Waals surface area contributed by atoms with E-state index in [4.69, 9.17) is 0 Å². The molecular formula is C11H14N2O2S. The lowest BCUT2D eigenvalue weighted by Crippen LogP contribution is -2.28. The molecule has 5 heteroatoms. The zero-order chi connectivity index (χ0) is 12.0. The fourth-order valence-electron chi connectivity index (χ4n) is 1.35. The molecule has 1 N–H and O–H groups in total. The van der Waals surface area contributed by atoms with E-state index in [1.165, 1.54) is 0 Å². The first-order valence-electron chi connectivity index (χ1n) is 5.02. The molecule has 0 fully saturated rings. The highest BCUT2D eigenvalue weighted by atomic mass is 32.2. The van der Waals surface area contributed by atoms with Gasteiger partial charge in [-0.3, -0.25) is 0 Å². The molecule has 2 rings (SSSR count). The molecule has 0 unspecified atom stereocenters. The molecule has 2 aromatic rings. The Morgan fingerprint density at radius 3 is 2.38 bits per heavy atom. The van der Waals surface area contributed by atoms with Crippen molar-refractivity contribution in [2.45, 2.75) is 30.7 Å². The van der Waals surface area contributed by atoms with Crippen LogP contribution in [0.5, 0.6) is 0 Å². The highest BCUT2D eigenvalue weighted by Gasteiger charge is 2.33. The van der Waals surface area contributed by atoms with Crippen LogP contribution in [-0.2, 0) is 9.84 Å². The highest BCUT2D eigenvalue weighted by Crippen LogP contribution is 2.24. The van der Waals surface area contributed by atoms with Crippen molar-refractivity contribution in [3.05, 3.63) is 24.3 Å². The third-order valence-electron chi connectivity index (χ3n) is 2.43. The van der Waals surface area contributed by atoms with Crippen LogP contribution in [0, 0.1) is 0 Å². The Hall–Kier alpha value is -1.36. The van der Waals surface area contributed by atoms with Crippen LogP contribution in [0.15, 0.2) is 29.4 Å². The molecule has 0 atom stereocenters. The van der Waals surface area contributed by atoms with Gasteiger partial charge in [0, 0.05) is 0 Å². The molecule has 0 saturated heterocycles. The van der Waals surface area contributed by atoms with Gasteiger partial charge >= 0.3 is 0 Å². The van der Waals surface area contributed by atoms with Crippen molar-refractivity contribution >= 4 is 20.9 Å². The van der Waals surface area contributed by atoms with Crippen LogP contribution in [0.4, 0.5) is 0 Å². The molecule has 0 aliphatic carbocycles. The van der Waals surface area contributed by atoms with Gasteiger partial charge < -0.3 is 4.98 Å². The number of nitrogens with zero attached hydrogens (tertiary/aromatic N) is 1. The number of fused-ring (bicyclic) bond motifs is 1. The van der Waals surface area contributed by atoms with Gasteiger partial charge in [-0.1, -0.05) is 12.1 Å². The van der Waals surface area contributed by atoms with Crippen LogP contribution in [0.3, 0.4) is 0 Å². The summed E-state index contributed by atoms with van der Waals surface area (Å²) in [6.45, 7) is 4.99. The van der Waals surface area contributed by atoms with Gasteiger partial charge in [0.15, 0.2) is 0 Å². The lowest BCUT2D eigenvalue weighted by atomic mass is 10.3. The summed E-state index contributed by atoms with van der Waals surface area (Å²) in [7, 11) is -3.40. The lowest BCUT2D eigenvalue weighted by Gasteiger charge is -2.16. The summed E-state index contributed by atoms with van der Waals surface area (Å²) in [6, 6.07) is 7.27. The van der Waals surface area contributed by atoms with E-state index in [9.17, 15) is 8.42 Å². The van der Waals surface area contributed by atoms with Crippen molar-refractivity contribution in [3.63, 3.8) is 0 Å². The maximum absolute atomic E-state index is 12.1. The second-order valence-corrected chi connectivity index (χ2v) is 7.29. The van der Waals surface area contributed by atoms with E-state index >= 15 is 0 Å². The van der Waals surface area contributed by atoms with Gasteiger partial charge in [-0.2, -0.15) is 0 Å². The zero-order valence-electron chi connectivity index (χ0n) is 9.48. The van der Waals surface area contributed by atoms with Crippen LogP contribution in [0.2, 0.25) is 0 Å². The molecule has 0 aliphatic heterocycles. The molecule has 16 heavy (non-hydrogen) atoms. The summed E-state index contributed by atoms with van der Waals surface area (Å²) in [5.41, 5.74) is 1.41. The fourth-order valence-corrected chi connectivity index (χ4v) is 2.39. The number of para-hydroxylation sites is 2. The summed E-state index contributed by atoms with van der Waals surface area (Å²) in [5, 5.41) is 0.0428. The Kier molecular flexibility index (Phi) is 2.31. The van der Waals surface area contributed by atoms with Crippen LogP contribution < -0.4 is 0 Å². The summed E-state index contributed by atoms with van der Waals surface area (Å²) in [5.74, 6) is 0. The topological polar surface area (TPSA) is 62.8 Å². The quantitative estimate of drug-likeness (QED) is 0.827. The molecule has 86 valence electrons. The van der Waals surface area contributed by atoms with E-state index in [1.807, 2.05) is 18.2 Å². The van der Waals surface area contributed by atoms with Gasteiger partial charge in [0.1, 0.15) is 0 Å². The molecule has 0 spiro atoms. The normalized spacial score (nSPS) is 13.2. The molecule has 0 amide bonds. The number of imidazole rings is 1. The van der Waals surface area contributed by atoms with Gasteiger partial charge in [0.25, 0.3) is 0 Å². The Morgan fingerprint density at radius 2 is 1.81 bits per heavy atom. The third kappa shape index (κ3) is 1.61. The Labute approximate surface area is 94.6 Å². The summed E-state index contributed by atoms with van der Waals surface area (Å²) < 4.78 is 23.4. The number of hydrogen-bond donors (Lipinski definition) is 1. The maximum Gasteiger partial charge on any atom is 0.226 e. The van der Waals surface area contributed by atoms with Crippen LogP contribution >= 0.6 is 0 Å². The van der Waals surface area contributed by atoms with Gasteiger partial charge in [-0.15, -0.1) is 0 Å². The Balaban J connectivity index is 2.66. The number of aromatic amines is 1. The summed E-state index contributed by atoms with van der Waals surface area (Å²) in [6.07, 6.45) is 0. The average Bonchev–Trinajstić information content (AvgIpc) is 2.59. The van der Waals surface area contributed by atoms with Crippen molar-refractivity contribution in [1.29, 1.82) is 0 Å². The molecular weight excluding hydrogens is 224 g/mol. The first-order valence-corrected chi connectivity index (χ1v) is 6.50. The molecule has 4 nitrogen and oxygen atoms in total. The minimum atomic E-state index is -3.40. The Morgan fingerprint density at radius 1 is 1.19 bits per heavy atom. The number of benzene rings is 1. The van der Waals surface area contributed by atoms with Gasteiger partial charge in [-0.05, 0) is 32.9 Å². The first-order chi connectivity index (χ1) is 7.32. The largest absolute Gasteiger partial charge is 0.329 e. The molecule has 1 aromatic heterocycles. The number of nitrogens with one attached hydrogen (secondary N) is 1. The molecule has 0 saturated carbocycles. The average molecular weight is 238 g/mol. The van der Waals surface area contributed by atoms with Crippen molar-refractivity contribution in [2.75, 3.05) is 0 Å². The first kappa shape index (κ1) is 11.1. The van der Waals surface area contributed by atoms with E-state index in [0.29, 0.717) is 5.52 Å². The number of rotatable bonds is 1. The Bertz CT molecular complexity index is 588. The SMILES string of the molecule is CC(C)(C)S(=O)(=O)c1nc2ccccc2[nH]1. The molecule has 1 aromatic carbocycles. The second-order valence-electron chi connectivity index (χ2n) is 4.67. The smallest absolute Gasteiger partial charge is 0.226 e. The molecule has 1 heterocycles. The highest BCUT2D eigenvalue weighted by molar-refractivity contribution is 7.92. The van der Waals surface area contributed by atoms with Crippen LogP contribution in [-0.4, -0.2) is 23.1 Å². The molecule has 0 radical (unpaired) electrons. The van der Waals surface area contributed by atoms with Crippen molar-refractivity contribution in [1.82, 2.24) is 9.97 Å². The second kappa shape index (κ2) is 3.31. The fraction of sp³-hybridized carbons (Fsp3) is 0.364. The summed E-state index contributed by atoms with van der Waals surface area (Å²) >= 11 is 0. The van der Waals surface area contributed by atoms with Crippen molar-refractivity contribution in [2.24, 2.45) is 0 Å². The van der Waals surface area contributed by atoms with Crippen molar-refractivity contribution < 1.29 is 8.42 Å². The molecule has 0 bridgehead atoms. The van der Waals surface area contributed by atoms with Crippen LogP contribution in [0.1, 0.15) is 20.8 Å². The van der Waals surface area contributed by atoms with E-state index in [0.717, 1.165) is 5.52 Å². The third-order valence-corrected chi connectivity index (χ3v) is 4.74.